The van der Waals surface area contributed by atoms with Crippen LogP contribution in [0.15, 0.2) is 24.5 Å². The number of aromatic nitrogens is 1. The highest BCUT2D eigenvalue weighted by Crippen LogP contribution is 2.31. The third kappa shape index (κ3) is 3.05. The number of hydrogen-bond acceptors (Lipinski definition) is 2. The quantitative estimate of drug-likeness (QED) is 0.844. The fourth-order valence-corrected chi connectivity index (χ4v) is 2.87. The molecule has 0 aliphatic heterocycles. The molecule has 1 aliphatic carbocycles. The first-order valence-electron chi connectivity index (χ1n) is 6.49. The van der Waals surface area contributed by atoms with Gasteiger partial charge in [0.25, 0.3) is 0 Å². The molecule has 1 heterocycles. The molecule has 0 saturated heterocycles. The topological polar surface area (TPSA) is 38.9 Å². The largest absolute Gasteiger partial charge is 0.330 e. The minimum atomic E-state index is 0.669. The van der Waals surface area contributed by atoms with Crippen LogP contribution in [0.3, 0.4) is 0 Å². The Bertz CT molecular complexity index is 291. The minimum Gasteiger partial charge on any atom is -0.330 e. The van der Waals surface area contributed by atoms with E-state index < -0.39 is 0 Å². The van der Waals surface area contributed by atoms with Crippen LogP contribution in [0, 0.1) is 11.8 Å². The summed E-state index contributed by atoms with van der Waals surface area (Å²) in [5.41, 5.74) is 7.32. The zero-order chi connectivity index (χ0) is 11.2. The molecule has 88 valence electrons. The maximum absolute atomic E-state index is 5.94. The summed E-state index contributed by atoms with van der Waals surface area (Å²) in [5, 5.41) is 0. The molecule has 1 unspecified atom stereocenters. The Morgan fingerprint density at radius 3 is 2.50 bits per heavy atom. The lowest BCUT2D eigenvalue weighted by atomic mass is 9.77. The van der Waals surface area contributed by atoms with Crippen LogP contribution in [0.25, 0.3) is 0 Å². The Hall–Kier alpha value is -0.890. The molecule has 0 spiro atoms. The van der Waals surface area contributed by atoms with Gasteiger partial charge in [-0.3, -0.25) is 4.98 Å². The van der Waals surface area contributed by atoms with E-state index in [4.69, 9.17) is 5.73 Å². The van der Waals surface area contributed by atoms with Crippen molar-refractivity contribution in [2.45, 2.75) is 38.5 Å². The second kappa shape index (κ2) is 6.00. The molecule has 1 fully saturated rings. The standard InChI is InChI=1S/C14H22N2/c15-11-14(13-4-2-1-3-5-13)10-12-6-8-16-9-7-12/h6-9,13-14H,1-5,10-11,15H2. The van der Waals surface area contributed by atoms with Crippen LogP contribution in [0.4, 0.5) is 0 Å². The normalized spacial score (nSPS) is 19.6. The van der Waals surface area contributed by atoms with Crippen LogP contribution in [0.5, 0.6) is 0 Å². The first-order valence-corrected chi connectivity index (χ1v) is 6.49. The zero-order valence-corrected chi connectivity index (χ0v) is 9.94. The fraction of sp³-hybridized carbons (Fsp3) is 0.643. The molecule has 2 heteroatoms. The monoisotopic (exact) mass is 218 g/mol. The Kier molecular flexibility index (Phi) is 4.34. The van der Waals surface area contributed by atoms with Gasteiger partial charge in [0.15, 0.2) is 0 Å². The van der Waals surface area contributed by atoms with Crippen LogP contribution in [0.2, 0.25) is 0 Å². The molecule has 1 atom stereocenters. The summed E-state index contributed by atoms with van der Waals surface area (Å²) in [5.74, 6) is 1.52. The lowest BCUT2D eigenvalue weighted by Crippen LogP contribution is -2.27. The zero-order valence-electron chi connectivity index (χ0n) is 9.94. The number of nitrogens with zero attached hydrogens (tertiary/aromatic N) is 1. The van der Waals surface area contributed by atoms with Crippen LogP contribution in [-0.4, -0.2) is 11.5 Å². The molecule has 16 heavy (non-hydrogen) atoms. The van der Waals surface area contributed by atoms with Crippen molar-refractivity contribution in [3.05, 3.63) is 30.1 Å². The van der Waals surface area contributed by atoms with Gasteiger partial charge in [0, 0.05) is 12.4 Å². The van der Waals surface area contributed by atoms with E-state index >= 15 is 0 Å². The third-order valence-corrected chi connectivity index (χ3v) is 3.87. The van der Waals surface area contributed by atoms with E-state index in [0.29, 0.717) is 5.92 Å². The second-order valence-corrected chi connectivity index (χ2v) is 4.95. The van der Waals surface area contributed by atoms with Gasteiger partial charge < -0.3 is 5.73 Å². The maximum atomic E-state index is 5.94. The van der Waals surface area contributed by atoms with Crippen molar-refractivity contribution in [3.8, 4) is 0 Å². The van der Waals surface area contributed by atoms with Gasteiger partial charge in [0.05, 0.1) is 0 Å². The lowest BCUT2D eigenvalue weighted by molar-refractivity contribution is 0.251. The van der Waals surface area contributed by atoms with E-state index in [1.807, 2.05) is 12.4 Å². The SMILES string of the molecule is NCC(Cc1ccncc1)C1CCCCC1. The summed E-state index contributed by atoms with van der Waals surface area (Å²) in [7, 11) is 0. The average Bonchev–Trinajstić information content (AvgIpc) is 2.38. The summed E-state index contributed by atoms with van der Waals surface area (Å²) in [6.07, 6.45) is 11.9. The Balaban J connectivity index is 1.94. The third-order valence-electron chi connectivity index (χ3n) is 3.87. The number of rotatable bonds is 4. The highest BCUT2D eigenvalue weighted by atomic mass is 14.6. The Morgan fingerprint density at radius 2 is 1.88 bits per heavy atom. The van der Waals surface area contributed by atoms with Crippen molar-refractivity contribution >= 4 is 0 Å². The molecule has 1 aromatic rings. The van der Waals surface area contributed by atoms with Crippen LogP contribution in [0.1, 0.15) is 37.7 Å². The molecule has 0 bridgehead atoms. The molecule has 0 aromatic carbocycles. The average molecular weight is 218 g/mol. The van der Waals surface area contributed by atoms with Gasteiger partial charge in [-0.1, -0.05) is 32.1 Å². The van der Waals surface area contributed by atoms with Crippen molar-refractivity contribution in [1.82, 2.24) is 4.98 Å². The van der Waals surface area contributed by atoms with E-state index in [-0.39, 0.29) is 0 Å². The smallest absolute Gasteiger partial charge is 0.0270 e. The highest BCUT2D eigenvalue weighted by Gasteiger charge is 2.22. The number of nitrogens with two attached hydrogens (primary N) is 1. The van der Waals surface area contributed by atoms with E-state index in [9.17, 15) is 0 Å². The fourth-order valence-electron chi connectivity index (χ4n) is 2.87. The lowest BCUT2D eigenvalue weighted by Gasteiger charge is -2.29. The van der Waals surface area contributed by atoms with Gasteiger partial charge in [0.2, 0.25) is 0 Å². The van der Waals surface area contributed by atoms with Gasteiger partial charge in [-0.25, -0.2) is 0 Å². The molecular formula is C14H22N2. The molecule has 1 saturated carbocycles. The predicted molar refractivity (Wildman–Crippen MR) is 67.1 cm³/mol. The van der Waals surface area contributed by atoms with E-state index in [0.717, 1.165) is 18.9 Å². The van der Waals surface area contributed by atoms with Gasteiger partial charge in [-0.15, -0.1) is 0 Å². The molecular weight excluding hydrogens is 196 g/mol. The van der Waals surface area contributed by atoms with Crippen LogP contribution >= 0.6 is 0 Å². The van der Waals surface area contributed by atoms with E-state index in [1.54, 1.807) is 0 Å². The van der Waals surface area contributed by atoms with Gasteiger partial charge in [-0.05, 0) is 42.5 Å². The minimum absolute atomic E-state index is 0.669. The van der Waals surface area contributed by atoms with E-state index in [1.165, 1.54) is 37.7 Å². The second-order valence-electron chi connectivity index (χ2n) is 4.95. The Morgan fingerprint density at radius 1 is 1.19 bits per heavy atom. The van der Waals surface area contributed by atoms with Crippen molar-refractivity contribution in [1.29, 1.82) is 0 Å². The molecule has 2 N–H and O–H groups in total. The summed E-state index contributed by atoms with van der Waals surface area (Å²) >= 11 is 0. The molecule has 2 rings (SSSR count). The number of pyridine rings is 1. The molecule has 1 aliphatic rings. The van der Waals surface area contributed by atoms with Crippen molar-refractivity contribution in [2.75, 3.05) is 6.54 Å². The molecule has 2 nitrogen and oxygen atoms in total. The molecule has 0 amide bonds. The molecule has 0 radical (unpaired) electrons. The van der Waals surface area contributed by atoms with Crippen molar-refractivity contribution < 1.29 is 0 Å². The van der Waals surface area contributed by atoms with Gasteiger partial charge in [-0.2, -0.15) is 0 Å². The Labute approximate surface area is 98.3 Å². The van der Waals surface area contributed by atoms with Crippen LogP contribution in [-0.2, 0) is 6.42 Å². The maximum Gasteiger partial charge on any atom is 0.0270 e. The summed E-state index contributed by atoms with van der Waals surface area (Å²) < 4.78 is 0. The van der Waals surface area contributed by atoms with Crippen molar-refractivity contribution in [2.24, 2.45) is 17.6 Å². The highest BCUT2D eigenvalue weighted by molar-refractivity contribution is 5.10. The van der Waals surface area contributed by atoms with E-state index in [2.05, 4.69) is 17.1 Å². The van der Waals surface area contributed by atoms with Crippen LogP contribution < -0.4 is 5.73 Å². The summed E-state index contributed by atoms with van der Waals surface area (Å²) in [6.45, 7) is 0.826. The summed E-state index contributed by atoms with van der Waals surface area (Å²) in [4.78, 5) is 4.06. The van der Waals surface area contributed by atoms with Crippen molar-refractivity contribution in [3.63, 3.8) is 0 Å². The summed E-state index contributed by atoms with van der Waals surface area (Å²) in [6, 6.07) is 4.23. The predicted octanol–water partition coefficient (Wildman–Crippen LogP) is 2.78. The van der Waals surface area contributed by atoms with Gasteiger partial charge >= 0.3 is 0 Å². The molecule has 1 aromatic heterocycles. The number of hydrogen-bond donors (Lipinski definition) is 1. The first kappa shape index (κ1) is 11.6. The van der Waals surface area contributed by atoms with Gasteiger partial charge in [0.1, 0.15) is 0 Å². The first-order chi connectivity index (χ1) is 7.90.